The summed E-state index contributed by atoms with van der Waals surface area (Å²) in [5.74, 6) is -0.155. The van der Waals surface area contributed by atoms with E-state index in [0.29, 0.717) is 16.9 Å². The minimum Gasteiger partial charge on any atom is -0.397 e. The monoisotopic (exact) mass is 486 g/mol. The Kier molecular flexibility index (Phi) is 12.5. The molecule has 192 valence electrons. The van der Waals surface area contributed by atoms with Crippen molar-refractivity contribution < 1.29 is 4.79 Å². The molecule has 1 fully saturated rings. The molecule has 0 atom stereocenters. The molecule has 5 nitrogen and oxygen atoms in total. The van der Waals surface area contributed by atoms with E-state index in [2.05, 4.69) is 67.1 Å². The van der Waals surface area contributed by atoms with Gasteiger partial charge in [0.15, 0.2) is 0 Å². The van der Waals surface area contributed by atoms with Gasteiger partial charge in [0.2, 0.25) is 0 Å². The lowest BCUT2D eigenvalue weighted by molar-refractivity contribution is 0.102. The van der Waals surface area contributed by atoms with E-state index in [1.165, 1.54) is 30.2 Å². The topological polar surface area (TPSA) is 84.4 Å². The first kappa shape index (κ1) is 28.8. The van der Waals surface area contributed by atoms with Crippen molar-refractivity contribution in [3.05, 3.63) is 101 Å². The van der Waals surface area contributed by atoms with Crippen LogP contribution < -0.4 is 16.8 Å². The van der Waals surface area contributed by atoms with Crippen molar-refractivity contribution in [2.24, 2.45) is 5.73 Å². The lowest BCUT2D eigenvalue weighted by Crippen LogP contribution is -2.41. The van der Waals surface area contributed by atoms with Gasteiger partial charge in [0.25, 0.3) is 5.91 Å². The van der Waals surface area contributed by atoms with Crippen molar-refractivity contribution in [1.29, 1.82) is 0 Å². The first-order valence-electron chi connectivity index (χ1n) is 12.7. The van der Waals surface area contributed by atoms with Crippen LogP contribution in [0.15, 0.2) is 89.6 Å². The van der Waals surface area contributed by atoms with Crippen molar-refractivity contribution >= 4 is 23.4 Å². The molecule has 1 aliphatic carbocycles. The number of nitrogens with one attached hydrogen (secondary N) is 1. The van der Waals surface area contributed by atoms with Gasteiger partial charge in [-0.25, -0.2) is 0 Å². The molecule has 0 saturated carbocycles. The Hall–Kier alpha value is -3.41. The summed E-state index contributed by atoms with van der Waals surface area (Å²) in [6.07, 6.45) is 14.5. The molecule has 2 aromatic rings. The molecule has 0 spiro atoms. The highest BCUT2D eigenvalue weighted by Gasteiger charge is 2.20. The third-order valence-corrected chi connectivity index (χ3v) is 5.61. The lowest BCUT2D eigenvalue weighted by atomic mass is 9.98. The number of allylic oxidation sites excluding steroid dienone is 5. The van der Waals surface area contributed by atoms with Crippen molar-refractivity contribution in [2.45, 2.75) is 40.0 Å². The number of nitrogens with two attached hydrogens (primary N) is 2. The fourth-order valence-electron chi connectivity index (χ4n) is 3.94. The smallest absolute Gasteiger partial charge is 0.255 e. The van der Waals surface area contributed by atoms with Gasteiger partial charge in [-0.1, -0.05) is 86.1 Å². The zero-order valence-electron chi connectivity index (χ0n) is 22.3. The van der Waals surface area contributed by atoms with Crippen LogP contribution in [-0.4, -0.2) is 37.5 Å². The molecule has 5 heteroatoms. The Labute approximate surface area is 217 Å². The van der Waals surface area contributed by atoms with Crippen LogP contribution in [0.1, 0.15) is 56.0 Å². The van der Waals surface area contributed by atoms with E-state index < -0.39 is 0 Å². The summed E-state index contributed by atoms with van der Waals surface area (Å²) in [5.41, 5.74) is 17.7. The minimum atomic E-state index is -0.155. The van der Waals surface area contributed by atoms with Crippen LogP contribution in [0.5, 0.6) is 0 Å². The van der Waals surface area contributed by atoms with Gasteiger partial charge in [0.05, 0.1) is 11.4 Å². The number of hydrogen-bond acceptors (Lipinski definition) is 4. The number of para-hydroxylation sites is 2. The minimum absolute atomic E-state index is 0.155. The summed E-state index contributed by atoms with van der Waals surface area (Å²) in [6.45, 7) is 9.49. The molecule has 2 aliphatic rings. The zero-order chi connectivity index (χ0) is 26.3. The van der Waals surface area contributed by atoms with Crippen LogP contribution in [0, 0.1) is 0 Å². The highest BCUT2D eigenvalue weighted by Crippen LogP contribution is 2.23. The molecule has 0 radical (unpaired) electrons. The fourth-order valence-corrected chi connectivity index (χ4v) is 3.94. The van der Waals surface area contributed by atoms with E-state index in [-0.39, 0.29) is 5.91 Å². The number of anilines is 2. The number of likely N-dealkylation sites (tertiary alicyclic amines) is 1. The first-order chi connectivity index (χ1) is 17.5. The Morgan fingerprint density at radius 1 is 1.06 bits per heavy atom. The van der Waals surface area contributed by atoms with Gasteiger partial charge in [-0.05, 0) is 62.2 Å². The molecule has 1 amide bonds. The lowest BCUT2D eigenvalue weighted by Gasteiger charge is -2.35. The molecule has 1 heterocycles. The molecule has 2 aromatic carbocycles. The van der Waals surface area contributed by atoms with Crippen LogP contribution in [0.25, 0.3) is 6.08 Å². The number of carbonyl (C=O) groups excluding carboxylic acids is 1. The number of nitrogens with zero attached hydrogens (tertiary/aromatic N) is 1. The second-order valence-corrected chi connectivity index (χ2v) is 9.03. The maximum absolute atomic E-state index is 12.5. The van der Waals surface area contributed by atoms with Gasteiger partial charge in [-0.15, -0.1) is 0 Å². The Bertz CT molecular complexity index is 1090. The van der Waals surface area contributed by atoms with E-state index in [0.717, 1.165) is 38.0 Å². The normalized spacial score (nSPS) is 17.2. The molecule has 1 saturated heterocycles. The highest BCUT2D eigenvalue weighted by molar-refractivity contribution is 6.05. The van der Waals surface area contributed by atoms with Crippen molar-refractivity contribution in [3.63, 3.8) is 0 Å². The number of benzene rings is 2. The predicted octanol–water partition coefficient (Wildman–Crippen LogP) is 6.43. The van der Waals surface area contributed by atoms with Crippen LogP contribution in [-0.2, 0) is 0 Å². The van der Waals surface area contributed by atoms with Gasteiger partial charge in [0, 0.05) is 25.2 Å². The maximum Gasteiger partial charge on any atom is 0.255 e. The van der Waals surface area contributed by atoms with E-state index in [1.807, 2.05) is 36.4 Å². The summed E-state index contributed by atoms with van der Waals surface area (Å²) in [6, 6.07) is 15.0. The summed E-state index contributed by atoms with van der Waals surface area (Å²) < 4.78 is 0. The van der Waals surface area contributed by atoms with Crippen LogP contribution in [0.3, 0.4) is 0 Å². The molecule has 36 heavy (non-hydrogen) atoms. The van der Waals surface area contributed by atoms with E-state index in [4.69, 9.17) is 5.73 Å². The molecule has 0 bridgehead atoms. The first-order valence-corrected chi connectivity index (χ1v) is 12.7. The number of hydrogen-bond donors (Lipinski definition) is 3. The molecular formula is C31H42N4O. The zero-order valence-corrected chi connectivity index (χ0v) is 22.3. The Morgan fingerprint density at radius 3 is 2.39 bits per heavy atom. The average molecular weight is 487 g/mol. The van der Waals surface area contributed by atoms with Gasteiger partial charge < -0.3 is 16.8 Å². The standard InChI is InChI=1S/C27H29N3O.C3H8.CH5N/c1-20-7-3-2-4-8-22(15-20)17-30-18-23(19-30)16-21-11-13-24(14-12-21)27(31)29-26-10-6-5-9-25(26)28;1-3-2;1-2/h2,4-14,16H,3,15,17-19,28H2,1H3,(H,29,31);3H2,1-2H3;2H2,1H3/b4-2-,20-7?,22-8+;;. The highest BCUT2D eigenvalue weighted by atomic mass is 16.1. The summed E-state index contributed by atoms with van der Waals surface area (Å²) >= 11 is 0. The Balaban J connectivity index is 0.000000850. The maximum atomic E-state index is 12.5. The largest absolute Gasteiger partial charge is 0.397 e. The average Bonchev–Trinajstić information content (AvgIpc) is 2.84. The van der Waals surface area contributed by atoms with Crippen LogP contribution >= 0.6 is 0 Å². The van der Waals surface area contributed by atoms with E-state index in [9.17, 15) is 4.79 Å². The van der Waals surface area contributed by atoms with E-state index >= 15 is 0 Å². The molecule has 1 aliphatic heterocycles. The second kappa shape index (κ2) is 15.6. The summed E-state index contributed by atoms with van der Waals surface area (Å²) in [7, 11) is 1.50. The van der Waals surface area contributed by atoms with Crippen LogP contribution in [0.2, 0.25) is 0 Å². The molecule has 0 aromatic heterocycles. The van der Waals surface area contributed by atoms with Gasteiger partial charge in [-0.2, -0.15) is 0 Å². The molecule has 0 unspecified atom stereocenters. The SMILES string of the molecule is CC1=CC/C=C\C=C(\CN2CC(=Cc3ccc(C(=O)Nc4ccccc4N)cc3)C2)C1.CCC.CN. The fraction of sp³-hybridized carbons (Fsp3) is 0.323. The van der Waals surface area contributed by atoms with Gasteiger partial charge >= 0.3 is 0 Å². The Morgan fingerprint density at radius 2 is 1.72 bits per heavy atom. The number of amides is 1. The van der Waals surface area contributed by atoms with Crippen molar-refractivity contribution in [3.8, 4) is 0 Å². The molecule has 5 N–H and O–H groups in total. The number of nitrogen functional groups attached to an aromatic ring is 1. The van der Waals surface area contributed by atoms with Gasteiger partial charge in [0.1, 0.15) is 0 Å². The van der Waals surface area contributed by atoms with Crippen molar-refractivity contribution in [1.82, 2.24) is 4.90 Å². The third kappa shape index (κ3) is 9.33. The summed E-state index contributed by atoms with van der Waals surface area (Å²) in [5, 5.41) is 2.87. The molecule has 4 rings (SSSR count). The van der Waals surface area contributed by atoms with Crippen LogP contribution in [0.4, 0.5) is 11.4 Å². The predicted molar refractivity (Wildman–Crippen MR) is 156 cm³/mol. The quantitative estimate of drug-likeness (QED) is 0.336. The van der Waals surface area contributed by atoms with E-state index in [1.54, 1.807) is 12.1 Å². The number of carbonyl (C=O) groups is 1. The van der Waals surface area contributed by atoms with Gasteiger partial charge in [-0.3, -0.25) is 9.69 Å². The number of rotatable bonds is 5. The van der Waals surface area contributed by atoms with Crippen molar-refractivity contribution in [2.75, 3.05) is 37.7 Å². The summed E-state index contributed by atoms with van der Waals surface area (Å²) in [4.78, 5) is 14.9. The second-order valence-electron chi connectivity index (χ2n) is 9.03. The third-order valence-electron chi connectivity index (χ3n) is 5.61. The molecular weight excluding hydrogens is 444 g/mol.